The van der Waals surface area contributed by atoms with Gasteiger partial charge in [-0.15, -0.1) is 0 Å². The number of hydrogen-bond donors (Lipinski definition) is 1. The van der Waals surface area contributed by atoms with Crippen molar-refractivity contribution >= 4 is 11.8 Å². The maximum absolute atomic E-state index is 12.3. The minimum absolute atomic E-state index is 0.130. The summed E-state index contributed by atoms with van der Waals surface area (Å²) in [5.41, 5.74) is -0.242. The van der Waals surface area contributed by atoms with Gasteiger partial charge in [0.05, 0.1) is 13.7 Å². The van der Waals surface area contributed by atoms with Crippen LogP contribution in [0.4, 0.5) is 0 Å². The molecule has 3 aliphatic rings. The third kappa shape index (κ3) is 1.62. The number of ether oxygens (including phenoxy) is 2. The van der Waals surface area contributed by atoms with Gasteiger partial charge in [0.15, 0.2) is 0 Å². The molecule has 0 aromatic heterocycles. The minimum atomic E-state index is -1.96. The molecule has 2 aliphatic carbocycles. The van der Waals surface area contributed by atoms with Crippen LogP contribution in [-0.2, 0) is 19.1 Å². The molecule has 0 aromatic carbocycles. The smallest absolute Gasteiger partial charge is 0.366 e. The SMILES string of the molecule is COC(=O)[C@@]1(O)OC[C@]23CCCC[C@@H]2CC(=O)[C@H](C)[C@@H]31. The van der Waals surface area contributed by atoms with Crippen molar-refractivity contribution in [2.45, 2.75) is 44.8 Å². The lowest BCUT2D eigenvalue weighted by Crippen LogP contribution is -2.57. The lowest BCUT2D eigenvalue weighted by Gasteiger charge is -2.51. The number of hydrogen-bond acceptors (Lipinski definition) is 5. The van der Waals surface area contributed by atoms with Gasteiger partial charge in [0.25, 0.3) is 5.79 Å². The highest BCUT2D eigenvalue weighted by molar-refractivity contribution is 5.86. The lowest BCUT2D eigenvalue weighted by molar-refractivity contribution is -0.229. The van der Waals surface area contributed by atoms with Crippen LogP contribution < -0.4 is 0 Å². The Balaban J connectivity index is 2.05. The van der Waals surface area contributed by atoms with E-state index < -0.39 is 17.7 Å². The molecule has 0 radical (unpaired) electrons. The third-order valence-corrected chi connectivity index (χ3v) is 5.79. The molecule has 1 saturated heterocycles. The molecule has 1 spiro atoms. The first-order chi connectivity index (χ1) is 9.45. The monoisotopic (exact) mass is 282 g/mol. The molecular weight excluding hydrogens is 260 g/mol. The van der Waals surface area contributed by atoms with Gasteiger partial charge in [-0.2, -0.15) is 0 Å². The lowest BCUT2D eigenvalue weighted by atomic mass is 9.51. The fraction of sp³-hybridized carbons (Fsp3) is 0.867. The summed E-state index contributed by atoms with van der Waals surface area (Å²) in [7, 11) is 1.24. The fourth-order valence-electron chi connectivity index (χ4n) is 4.84. The van der Waals surface area contributed by atoms with E-state index in [0.29, 0.717) is 13.0 Å². The van der Waals surface area contributed by atoms with E-state index in [1.807, 2.05) is 6.92 Å². The second-order valence-corrected chi connectivity index (χ2v) is 6.59. The molecule has 1 heterocycles. The van der Waals surface area contributed by atoms with E-state index in [2.05, 4.69) is 0 Å². The van der Waals surface area contributed by atoms with Crippen LogP contribution in [0.1, 0.15) is 39.0 Å². The van der Waals surface area contributed by atoms with Crippen LogP contribution in [0.2, 0.25) is 0 Å². The highest BCUT2D eigenvalue weighted by Gasteiger charge is 2.69. The summed E-state index contributed by atoms with van der Waals surface area (Å²) in [5, 5.41) is 10.7. The van der Waals surface area contributed by atoms with E-state index in [1.54, 1.807) is 0 Å². The zero-order valence-electron chi connectivity index (χ0n) is 12.1. The maximum atomic E-state index is 12.3. The summed E-state index contributed by atoms with van der Waals surface area (Å²) in [5.74, 6) is -3.22. The Morgan fingerprint density at radius 2 is 2.20 bits per heavy atom. The van der Waals surface area contributed by atoms with Crippen molar-refractivity contribution in [2.24, 2.45) is 23.2 Å². The Morgan fingerprint density at radius 1 is 1.45 bits per heavy atom. The molecule has 1 N–H and O–H groups in total. The number of aliphatic hydroxyl groups is 1. The van der Waals surface area contributed by atoms with E-state index in [9.17, 15) is 14.7 Å². The number of carbonyl (C=O) groups excluding carboxylic acids is 2. The topological polar surface area (TPSA) is 72.8 Å². The summed E-state index contributed by atoms with van der Waals surface area (Å²) in [6.45, 7) is 2.16. The third-order valence-electron chi connectivity index (χ3n) is 5.79. The average molecular weight is 282 g/mol. The van der Waals surface area contributed by atoms with Crippen molar-refractivity contribution in [3.8, 4) is 0 Å². The van der Waals surface area contributed by atoms with Crippen molar-refractivity contribution < 1.29 is 24.2 Å². The van der Waals surface area contributed by atoms with Gasteiger partial charge in [0.2, 0.25) is 0 Å². The Labute approximate surface area is 118 Å². The Bertz CT molecular complexity index is 448. The molecule has 0 bridgehead atoms. The number of Topliss-reactive ketones (excluding diaryl/α,β-unsaturated/α-hetero) is 1. The molecule has 1 aliphatic heterocycles. The number of ketones is 1. The van der Waals surface area contributed by atoms with Crippen LogP contribution in [0.3, 0.4) is 0 Å². The number of carbonyl (C=O) groups is 2. The van der Waals surface area contributed by atoms with Gasteiger partial charge < -0.3 is 14.6 Å². The van der Waals surface area contributed by atoms with Crippen LogP contribution in [0, 0.1) is 23.2 Å². The molecule has 0 aromatic rings. The predicted molar refractivity (Wildman–Crippen MR) is 69.6 cm³/mol. The second-order valence-electron chi connectivity index (χ2n) is 6.59. The van der Waals surface area contributed by atoms with E-state index in [4.69, 9.17) is 9.47 Å². The summed E-state index contributed by atoms with van der Waals surface area (Å²) in [4.78, 5) is 24.3. The first-order valence-corrected chi connectivity index (χ1v) is 7.43. The molecule has 2 saturated carbocycles. The van der Waals surface area contributed by atoms with Gasteiger partial charge in [-0.05, 0) is 18.8 Å². The summed E-state index contributed by atoms with van der Waals surface area (Å²) >= 11 is 0. The largest absolute Gasteiger partial charge is 0.465 e. The number of rotatable bonds is 1. The van der Waals surface area contributed by atoms with E-state index in [-0.39, 0.29) is 23.0 Å². The molecule has 20 heavy (non-hydrogen) atoms. The highest BCUT2D eigenvalue weighted by atomic mass is 16.7. The van der Waals surface area contributed by atoms with Gasteiger partial charge in [0.1, 0.15) is 5.78 Å². The Hall–Kier alpha value is -0.940. The van der Waals surface area contributed by atoms with Gasteiger partial charge >= 0.3 is 5.97 Å². The molecular formula is C15H22O5. The van der Waals surface area contributed by atoms with Gasteiger partial charge in [-0.1, -0.05) is 19.8 Å². The highest BCUT2D eigenvalue weighted by Crippen LogP contribution is 2.61. The van der Waals surface area contributed by atoms with Crippen LogP contribution in [0.15, 0.2) is 0 Å². The van der Waals surface area contributed by atoms with Crippen LogP contribution in [0.25, 0.3) is 0 Å². The first kappa shape index (κ1) is 14.0. The molecule has 5 nitrogen and oxygen atoms in total. The molecule has 0 unspecified atom stereocenters. The van der Waals surface area contributed by atoms with Crippen molar-refractivity contribution in [3.05, 3.63) is 0 Å². The molecule has 3 rings (SSSR count). The molecule has 5 heteroatoms. The Morgan fingerprint density at radius 3 is 2.90 bits per heavy atom. The molecule has 5 atom stereocenters. The van der Waals surface area contributed by atoms with E-state index in [0.717, 1.165) is 25.7 Å². The maximum Gasteiger partial charge on any atom is 0.366 e. The van der Waals surface area contributed by atoms with Crippen molar-refractivity contribution in [2.75, 3.05) is 13.7 Å². The van der Waals surface area contributed by atoms with Gasteiger partial charge in [-0.3, -0.25) is 4.79 Å². The predicted octanol–water partition coefficient (Wildman–Crippen LogP) is 1.28. The Kier molecular flexibility index (Phi) is 3.18. The first-order valence-electron chi connectivity index (χ1n) is 7.43. The zero-order chi connectivity index (χ0) is 14.5. The van der Waals surface area contributed by atoms with Crippen molar-refractivity contribution in [1.82, 2.24) is 0 Å². The van der Waals surface area contributed by atoms with E-state index in [1.165, 1.54) is 7.11 Å². The van der Waals surface area contributed by atoms with Gasteiger partial charge in [-0.25, -0.2) is 4.79 Å². The second kappa shape index (κ2) is 4.53. The van der Waals surface area contributed by atoms with Crippen molar-refractivity contribution in [3.63, 3.8) is 0 Å². The average Bonchev–Trinajstić information content (AvgIpc) is 2.75. The van der Waals surface area contributed by atoms with Gasteiger partial charge in [0, 0.05) is 23.7 Å². The van der Waals surface area contributed by atoms with Crippen molar-refractivity contribution in [1.29, 1.82) is 0 Å². The molecule has 3 fully saturated rings. The summed E-state index contributed by atoms with van der Waals surface area (Å²) in [6, 6.07) is 0. The molecule has 0 amide bonds. The fourth-order valence-corrected chi connectivity index (χ4v) is 4.84. The normalized spacial score (nSPS) is 47.5. The quantitative estimate of drug-likeness (QED) is 0.733. The minimum Gasteiger partial charge on any atom is -0.465 e. The zero-order valence-corrected chi connectivity index (χ0v) is 12.1. The number of methoxy groups -OCH3 is 1. The van der Waals surface area contributed by atoms with Crippen LogP contribution in [0.5, 0.6) is 0 Å². The summed E-state index contributed by atoms with van der Waals surface area (Å²) < 4.78 is 10.3. The standard InChI is InChI=1S/C15H22O5/c1-9-11(16)7-10-5-3-4-6-14(10)8-20-15(18,12(9)14)13(17)19-2/h9-10,12,18H,3-8H2,1-2H3/t9-,10+,12-,14+,15-/m0/s1. The summed E-state index contributed by atoms with van der Waals surface area (Å²) in [6.07, 6.45) is 4.62. The van der Waals surface area contributed by atoms with Crippen LogP contribution in [-0.4, -0.2) is 36.4 Å². The number of esters is 1. The van der Waals surface area contributed by atoms with Crippen LogP contribution >= 0.6 is 0 Å². The van der Waals surface area contributed by atoms with E-state index >= 15 is 0 Å². The molecule has 112 valence electrons.